The zero-order valence-electron chi connectivity index (χ0n) is 12.0. The topological polar surface area (TPSA) is 50.4 Å². The van der Waals surface area contributed by atoms with E-state index in [-0.39, 0.29) is 5.91 Å². The highest BCUT2D eigenvalue weighted by Crippen LogP contribution is 2.13. The van der Waals surface area contributed by atoms with Crippen LogP contribution in [0.2, 0.25) is 0 Å². The van der Waals surface area contributed by atoms with E-state index in [1.54, 1.807) is 0 Å². The lowest BCUT2D eigenvalue weighted by Gasteiger charge is -2.09. The third kappa shape index (κ3) is 6.82. The number of rotatable bonds is 8. The first-order valence-electron chi connectivity index (χ1n) is 6.75. The van der Waals surface area contributed by atoms with Gasteiger partial charge in [-0.3, -0.25) is 4.79 Å². The average molecular weight is 264 g/mol. The number of hydrogen-bond donors (Lipinski definition) is 2. The number of benzene rings is 1. The molecule has 0 spiro atoms. The van der Waals surface area contributed by atoms with E-state index in [0.29, 0.717) is 25.5 Å². The number of carbonyl (C=O) groups is 1. The summed E-state index contributed by atoms with van der Waals surface area (Å²) in [6.07, 6.45) is 0.411. The van der Waals surface area contributed by atoms with Gasteiger partial charge in [-0.2, -0.15) is 0 Å². The van der Waals surface area contributed by atoms with Gasteiger partial charge in [0.25, 0.3) is 0 Å². The number of likely N-dealkylation sites (N-methyl/N-ethyl adjacent to an activating group) is 1. The summed E-state index contributed by atoms with van der Waals surface area (Å²) in [7, 11) is 1.86. The standard InChI is InChI=1S/C15H24N2O2/c1-12(2)11-19-14-6-4-13(5-7-14)10-15(18)17-9-8-16-3/h4-7,12,16H,8-11H2,1-3H3,(H,17,18). The molecule has 0 bridgehead atoms. The number of hydrogen-bond acceptors (Lipinski definition) is 3. The summed E-state index contributed by atoms with van der Waals surface area (Å²) in [6, 6.07) is 7.71. The van der Waals surface area contributed by atoms with Crippen molar-refractivity contribution in [2.24, 2.45) is 5.92 Å². The van der Waals surface area contributed by atoms with Crippen molar-refractivity contribution in [1.82, 2.24) is 10.6 Å². The lowest BCUT2D eigenvalue weighted by atomic mass is 10.1. The van der Waals surface area contributed by atoms with Gasteiger partial charge in [0.1, 0.15) is 5.75 Å². The van der Waals surface area contributed by atoms with Gasteiger partial charge in [0.15, 0.2) is 0 Å². The van der Waals surface area contributed by atoms with Crippen molar-refractivity contribution >= 4 is 5.91 Å². The first-order chi connectivity index (χ1) is 9.11. The summed E-state index contributed by atoms with van der Waals surface area (Å²) in [5, 5.41) is 5.84. The first kappa shape index (κ1) is 15.5. The van der Waals surface area contributed by atoms with E-state index in [1.165, 1.54) is 0 Å². The van der Waals surface area contributed by atoms with E-state index >= 15 is 0 Å². The van der Waals surface area contributed by atoms with Gasteiger partial charge >= 0.3 is 0 Å². The Morgan fingerprint density at radius 2 is 1.89 bits per heavy atom. The lowest BCUT2D eigenvalue weighted by Crippen LogP contribution is -2.31. The molecule has 106 valence electrons. The quantitative estimate of drug-likeness (QED) is 0.701. The van der Waals surface area contributed by atoms with Crippen LogP contribution in [0.3, 0.4) is 0 Å². The average Bonchev–Trinajstić information content (AvgIpc) is 2.38. The molecule has 0 unspecified atom stereocenters. The Morgan fingerprint density at radius 3 is 2.47 bits per heavy atom. The molecular weight excluding hydrogens is 240 g/mol. The Labute approximate surface area is 115 Å². The molecule has 1 aromatic rings. The Kier molecular flexibility index (Phi) is 6.97. The van der Waals surface area contributed by atoms with Crippen LogP contribution in [-0.2, 0) is 11.2 Å². The van der Waals surface area contributed by atoms with Gasteiger partial charge in [0.2, 0.25) is 5.91 Å². The van der Waals surface area contributed by atoms with Crippen molar-refractivity contribution in [1.29, 1.82) is 0 Å². The molecule has 0 atom stereocenters. The maximum absolute atomic E-state index is 11.6. The van der Waals surface area contributed by atoms with Crippen molar-refractivity contribution in [2.75, 3.05) is 26.7 Å². The molecule has 19 heavy (non-hydrogen) atoms. The Hall–Kier alpha value is -1.55. The highest BCUT2D eigenvalue weighted by Gasteiger charge is 2.03. The number of ether oxygens (including phenoxy) is 1. The minimum Gasteiger partial charge on any atom is -0.493 e. The third-order valence-corrected chi connectivity index (χ3v) is 2.57. The highest BCUT2D eigenvalue weighted by molar-refractivity contribution is 5.78. The summed E-state index contributed by atoms with van der Waals surface area (Å²) in [6.45, 7) is 6.39. The Morgan fingerprint density at radius 1 is 1.21 bits per heavy atom. The van der Waals surface area contributed by atoms with Gasteiger partial charge in [-0.15, -0.1) is 0 Å². The fraction of sp³-hybridized carbons (Fsp3) is 0.533. The minimum absolute atomic E-state index is 0.0473. The smallest absolute Gasteiger partial charge is 0.224 e. The van der Waals surface area contributed by atoms with E-state index in [4.69, 9.17) is 4.74 Å². The number of carbonyl (C=O) groups excluding carboxylic acids is 1. The Balaban J connectivity index is 2.37. The Bertz CT molecular complexity index is 374. The van der Waals surface area contributed by atoms with Crippen LogP contribution in [-0.4, -0.2) is 32.7 Å². The second-order valence-electron chi connectivity index (χ2n) is 4.98. The monoisotopic (exact) mass is 264 g/mol. The van der Waals surface area contributed by atoms with Crippen LogP contribution < -0.4 is 15.4 Å². The normalized spacial score (nSPS) is 10.5. The maximum Gasteiger partial charge on any atom is 0.224 e. The second-order valence-corrected chi connectivity index (χ2v) is 4.98. The molecule has 0 saturated carbocycles. The summed E-state index contributed by atoms with van der Waals surface area (Å²) >= 11 is 0. The molecule has 1 aromatic carbocycles. The molecule has 0 aliphatic heterocycles. The van der Waals surface area contributed by atoms with E-state index in [1.807, 2.05) is 31.3 Å². The highest BCUT2D eigenvalue weighted by atomic mass is 16.5. The molecule has 0 aromatic heterocycles. The maximum atomic E-state index is 11.6. The van der Waals surface area contributed by atoms with Gasteiger partial charge in [-0.05, 0) is 30.7 Å². The summed E-state index contributed by atoms with van der Waals surface area (Å²) in [4.78, 5) is 11.6. The van der Waals surface area contributed by atoms with Gasteiger partial charge in [-0.1, -0.05) is 26.0 Å². The fourth-order valence-corrected chi connectivity index (χ4v) is 1.54. The number of amides is 1. The van der Waals surface area contributed by atoms with Crippen LogP contribution in [0.4, 0.5) is 0 Å². The van der Waals surface area contributed by atoms with Crippen molar-refractivity contribution in [3.8, 4) is 5.75 Å². The minimum atomic E-state index is 0.0473. The van der Waals surface area contributed by atoms with Crippen LogP contribution in [0.15, 0.2) is 24.3 Å². The second kappa shape index (κ2) is 8.53. The summed E-state index contributed by atoms with van der Waals surface area (Å²) in [5.41, 5.74) is 0.999. The van der Waals surface area contributed by atoms with Crippen molar-refractivity contribution < 1.29 is 9.53 Å². The molecule has 0 aliphatic carbocycles. The molecule has 0 aliphatic rings. The fourth-order valence-electron chi connectivity index (χ4n) is 1.54. The molecule has 1 rings (SSSR count). The van der Waals surface area contributed by atoms with Crippen LogP contribution in [0.1, 0.15) is 19.4 Å². The van der Waals surface area contributed by atoms with Gasteiger partial charge in [0.05, 0.1) is 13.0 Å². The van der Waals surface area contributed by atoms with Crippen molar-refractivity contribution in [3.63, 3.8) is 0 Å². The van der Waals surface area contributed by atoms with Gasteiger partial charge in [-0.25, -0.2) is 0 Å². The zero-order valence-corrected chi connectivity index (χ0v) is 12.0. The predicted octanol–water partition coefficient (Wildman–Crippen LogP) is 1.60. The summed E-state index contributed by atoms with van der Waals surface area (Å²) < 4.78 is 5.60. The molecule has 0 heterocycles. The number of nitrogens with one attached hydrogen (secondary N) is 2. The summed E-state index contributed by atoms with van der Waals surface area (Å²) in [5.74, 6) is 1.41. The van der Waals surface area contributed by atoms with Gasteiger partial charge < -0.3 is 15.4 Å². The van der Waals surface area contributed by atoms with E-state index < -0.39 is 0 Å². The van der Waals surface area contributed by atoms with E-state index in [2.05, 4.69) is 24.5 Å². The lowest BCUT2D eigenvalue weighted by molar-refractivity contribution is -0.120. The molecule has 1 amide bonds. The van der Waals surface area contributed by atoms with E-state index in [0.717, 1.165) is 17.9 Å². The third-order valence-electron chi connectivity index (χ3n) is 2.57. The molecule has 2 N–H and O–H groups in total. The zero-order chi connectivity index (χ0) is 14.1. The molecule has 4 nitrogen and oxygen atoms in total. The van der Waals surface area contributed by atoms with Crippen molar-refractivity contribution in [2.45, 2.75) is 20.3 Å². The SMILES string of the molecule is CNCCNC(=O)Cc1ccc(OCC(C)C)cc1. The van der Waals surface area contributed by atoms with Crippen LogP contribution in [0.25, 0.3) is 0 Å². The molecule has 0 saturated heterocycles. The van der Waals surface area contributed by atoms with Crippen LogP contribution in [0, 0.1) is 5.92 Å². The molecular formula is C15H24N2O2. The van der Waals surface area contributed by atoms with Gasteiger partial charge in [0, 0.05) is 13.1 Å². The van der Waals surface area contributed by atoms with Crippen LogP contribution >= 0.6 is 0 Å². The predicted molar refractivity (Wildman–Crippen MR) is 77.4 cm³/mol. The molecule has 0 fully saturated rings. The molecule has 0 radical (unpaired) electrons. The van der Waals surface area contributed by atoms with Crippen LogP contribution in [0.5, 0.6) is 5.75 Å². The first-order valence-corrected chi connectivity index (χ1v) is 6.75. The van der Waals surface area contributed by atoms with E-state index in [9.17, 15) is 4.79 Å². The molecule has 4 heteroatoms. The largest absolute Gasteiger partial charge is 0.493 e. The van der Waals surface area contributed by atoms with Crippen molar-refractivity contribution in [3.05, 3.63) is 29.8 Å².